The van der Waals surface area contributed by atoms with Crippen molar-refractivity contribution in [3.05, 3.63) is 35.4 Å². The topological polar surface area (TPSA) is 49.9 Å². The molecule has 5 heteroatoms. The van der Waals surface area contributed by atoms with E-state index in [0.717, 1.165) is 57.4 Å². The van der Waals surface area contributed by atoms with E-state index >= 15 is 0 Å². The largest absolute Gasteiger partial charge is 0.450 e. The van der Waals surface area contributed by atoms with Crippen molar-refractivity contribution in [1.82, 2.24) is 9.80 Å². The summed E-state index contributed by atoms with van der Waals surface area (Å²) in [7, 11) is 0. The summed E-state index contributed by atoms with van der Waals surface area (Å²) in [6.45, 7) is 12.2. The van der Waals surface area contributed by atoms with Crippen molar-refractivity contribution in [2.24, 2.45) is 5.92 Å². The van der Waals surface area contributed by atoms with Crippen molar-refractivity contribution < 1.29 is 14.3 Å². The highest BCUT2D eigenvalue weighted by atomic mass is 16.6. The third-order valence-corrected chi connectivity index (χ3v) is 6.37. The van der Waals surface area contributed by atoms with Crippen LogP contribution in [0.5, 0.6) is 0 Å². The van der Waals surface area contributed by atoms with Gasteiger partial charge in [0.25, 0.3) is 0 Å². The first-order chi connectivity index (χ1) is 13.8. The van der Waals surface area contributed by atoms with Crippen molar-refractivity contribution in [2.45, 2.75) is 64.8 Å². The number of Topliss-reactive ketones (excluding diaryl/α,β-unsaturated/α-hetero) is 1. The van der Waals surface area contributed by atoms with E-state index in [4.69, 9.17) is 4.74 Å². The number of rotatable bonds is 4. The summed E-state index contributed by atoms with van der Waals surface area (Å²) in [6, 6.07) is 8.65. The van der Waals surface area contributed by atoms with Crippen LogP contribution in [0.15, 0.2) is 24.3 Å². The molecular formula is C24H36N2O3. The molecule has 29 heavy (non-hydrogen) atoms. The molecule has 3 rings (SSSR count). The van der Waals surface area contributed by atoms with E-state index in [9.17, 15) is 9.59 Å². The van der Waals surface area contributed by atoms with Gasteiger partial charge in [-0.15, -0.1) is 0 Å². The monoisotopic (exact) mass is 400 g/mol. The molecule has 0 bridgehead atoms. The fourth-order valence-electron chi connectivity index (χ4n) is 4.55. The van der Waals surface area contributed by atoms with Crippen LogP contribution in [-0.2, 0) is 10.2 Å². The van der Waals surface area contributed by atoms with Crippen LogP contribution in [0.4, 0.5) is 4.79 Å². The van der Waals surface area contributed by atoms with Crippen molar-refractivity contribution in [1.29, 1.82) is 0 Å². The van der Waals surface area contributed by atoms with E-state index in [2.05, 4.69) is 37.8 Å². The number of hydrogen-bond donors (Lipinski definition) is 0. The first-order valence-corrected chi connectivity index (χ1v) is 11.1. The highest BCUT2D eigenvalue weighted by Gasteiger charge is 2.33. The Morgan fingerprint density at radius 2 is 1.69 bits per heavy atom. The standard InChI is InChI=1S/C24H36N2O3/c1-5-29-23(28)25-15-12-21(13-16-25)26-14-6-7-19(17-26)22(27)18-8-10-20(11-9-18)24(2,3)4/h8-11,19,21H,5-7,12-17H2,1-4H3. The molecule has 1 amide bonds. The molecule has 1 atom stereocenters. The average molecular weight is 401 g/mol. The van der Waals surface area contributed by atoms with Gasteiger partial charge in [-0.1, -0.05) is 45.0 Å². The van der Waals surface area contributed by atoms with E-state index < -0.39 is 0 Å². The van der Waals surface area contributed by atoms with Crippen LogP contribution in [0.2, 0.25) is 0 Å². The van der Waals surface area contributed by atoms with Gasteiger partial charge in [-0.25, -0.2) is 4.79 Å². The van der Waals surface area contributed by atoms with Crippen LogP contribution in [0.25, 0.3) is 0 Å². The fourth-order valence-corrected chi connectivity index (χ4v) is 4.55. The van der Waals surface area contributed by atoms with E-state index in [0.29, 0.717) is 12.6 Å². The number of likely N-dealkylation sites (tertiary alicyclic amines) is 2. The maximum atomic E-state index is 13.1. The summed E-state index contributed by atoms with van der Waals surface area (Å²) >= 11 is 0. The van der Waals surface area contributed by atoms with Crippen LogP contribution in [0, 0.1) is 5.92 Å². The maximum Gasteiger partial charge on any atom is 0.409 e. The third-order valence-electron chi connectivity index (χ3n) is 6.37. The van der Waals surface area contributed by atoms with Crippen LogP contribution < -0.4 is 0 Å². The van der Waals surface area contributed by atoms with E-state index in [1.54, 1.807) is 0 Å². The predicted octanol–water partition coefficient (Wildman–Crippen LogP) is 4.50. The third kappa shape index (κ3) is 5.39. The molecule has 1 aromatic carbocycles. The molecule has 2 fully saturated rings. The van der Waals surface area contributed by atoms with Gasteiger partial charge in [-0.3, -0.25) is 9.69 Å². The molecular weight excluding hydrogens is 364 g/mol. The van der Waals surface area contributed by atoms with Gasteiger partial charge < -0.3 is 9.64 Å². The van der Waals surface area contributed by atoms with Crippen LogP contribution >= 0.6 is 0 Å². The number of piperidine rings is 2. The first-order valence-electron chi connectivity index (χ1n) is 11.1. The minimum atomic E-state index is -0.198. The SMILES string of the molecule is CCOC(=O)N1CCC(N2CCCC(C(=O)c3ccc(C(C)(C)C)cc3)C2)CC1. The van der Waals surface area contributed by atoms with Gasteiger partial charge in [0.1, 0.15) is 0 Å². The van der Waals surface area contributed by atoms with E-state index in [1.807, 2.05) is 24.0 Å². The number of benzene rings is 1. The molecule has 0 radical (unpaired) electrons. The number of nitrogens with zero attached hydrogens (tertiary/aromatic N) is 2. The normalized spacial score (nSPS) is 21.8. The van der Waals surface area contributed by atoms with Gasteiger partial charge in [-0.05, 0) is 50.1 Å². The molecule has 2 saturated heterocycles. The quantitative estimate of drug-likeness (QED) is 0.698. The number of carbonyl (C=O) groups is 2. The first kappa shape index (κ1) is 21.8. The number of carbonyl (C=O) groups excluding carboxylic acids is 2. The fraction of sp³-hybridized carbons (Fsp3) is 0.667. The minimum Gasteiger partial charge on any atom is -0.450 e. The molecule has 1 aromatic rings. The van der Waals surface area contributed by atoms with Crippen molar-refractivity contribution in [3.8, 4) is 0 Å². The smallest absolute Gasteiger partial charge is 0.409 e. The average Bonchev–Trinajstić information content (AvgIpc) is 2.73. The lowest BCUT2D eigenvalue weighted by atomic mass is 9.84. The highest BCUT2D eigenvalue weighted by Crippen LogP contribution is 2.28. The summed E-state index contributed by atoms with van der Waals surface area (Å²) < 4.78 is 5.12. The van der Waals surface area contributed by atoms with Crippen LogP contribution in [0.3, 0.4) is 0 Å². The van der Waals surface area contributed by atoms with Gasteiger partial charge in [0.15, 0.2) is 5.78 Å². The zero-order chi connectivity index (χ0) is 21.0. The summed E-state index contributed by atoms with van der Waals surface area (Å²) in [5, 5.41) is 0. The Morgan fingerprint density at radius 3 is 2.28 bits per heavy atom. The van der Waals surface area contributed by atoms with Gasteiger partial charge >= 0.3 is 6.09 Å². The number of amides is 1. The molecule has 2 aliphatic rings. The van der Waals surface area contributed by atoms with Crippen molar-refractivity contribution in [3.63, 3.8) is 0 Å². The Bertz CT molecular complexity index is 700. The molecule has 0 N–H and O–H groups in total. The zero-order valence-electron chi connectivity index (χ0n) is 18.4. The molecule has 0 aromatic heterocycles. The summed E-state index contributed by atoms with van der Waals surface area (Å²) in [5.41, 5.74) is 2.19. The lowest BCUT2D eigenvalue weighted by Gasteiger charge is -2.41. The van der Waals surface area contributed by atoms with Crippen LogP contribution in [-0.4, -0.2) is 60.5 Å². The second kappa shape index (κ2) is 9.29. The van der Waals surface area contributed by atoms with E-state index in [1.165, 1.54) is 5.56 Å². The predicted molar refractivity (Wildman–Crippen MR) is 115 cm³/mol. The van der Waals surface area contributed by atoms with Crippen LogP contribution in [0.1, 0.15) is 69.3 Å². The Labute approximate surface area is 175 Å². The summed E-state index contributed by atoms with van der Waals surface area (Å²) in [6.07, 6.45) is 3.75. The minimum absolute atomic E-state index is 0.0762. The molecule has 0 aliphatic carbocycles. The molecule has 5 nitrogen and oxygen atoms in total. The van der Waals surface area contributed by atoms with Gasteiger partial charge in [0, 0.05) is 37.2 Å². The van der Waals surface area contributed by atoms with Gasteiger partial charge in [0.2, 0.25) is 0 Å². The number of ether oxygens (including phenoxy) is 1. The second-order valence-corrected chi connectivity index (χ2v) is 9.44. The Hall–Kier alpha value is -1.88. The lowest BCUT2D eigenvalue weighted by molar-refractivity contribution is 0.0532. The molecule has 2 heterocycles. The van der Waals surface area contributed by atoms with E-state index in [-0.39, 0.29) is 23.2 Å². The summed E-state index contributed by atoms with van der Waals surface area (Å²) in [5.74, 6) is 0.353. The number of hydrogen-bond acceptors (Lipinski definition) is 4. The van der Waals surface area contributed by atoms with Crippen molar-refractivity contribution in [2.75, 3.05) is 32.8 Å². The Morgan fingerprint density at radius 1 is 1.03 bits per heavy atom. The van der Waals surface area contributed by atoms with Crippen molar-refractivity contribution >= 4 is 11.9 Å². The van der Waals surface area contributed by atoms with Gasteiger partial charge in [-0.2, -0.15) is 0 Å². The Kier molecular flexibility index (Phi) is 6.99. The molecule has 2 aliphatic heterocycles. The molecule has 0 saturated carbocycles. The molecule has 0 spiro atoms. The highest BCUT2D eigenvalue weighted by molar-refractivity contribution is 5.98. The van der Waals surface area contributed by atoms with Gasteiger partial charge in [0.05, 0.1) is 6.61 Å². The lowest BCUT2D eigenvalue weighted by Crippen LogP contribution is -2.50. The zero-order valence-corrected chi connectivity index (χ0v) is 18.4. The number of ketones is 1. The summed E-state index contributed by atoms with van der Waals surface area (Å²) in [4.78, 5) is 29.3. The molecule has 1 unspecified atom stereocenters. The molecule has 160 valence electrons. The second-order valence-electron chi connectivity index (χ2n) is 9.44. The Balaban J connectivity index is 1.57. The maximum absolute atomic E-state index is 13.1.